The quantitative estimate of drug-likeness (QED) is 0.794. The summed E-state index contributed by atoms with van der Waals surface area (Å²) in [4.78, 5) is 0. The van der Waals surface area contributed by atoms with Crippen molar-refractivity contribution in [2.75, 3.05) is 11.9 Å². The van der Waals surface area contributed by atoms with Gasteiger partial charge in [0.2, 0.25) is 5.89 Å². The number of rotatable bonds is 7. The smallest absolute Gasteiger partial charge is 0.315 e. The zero-order chi connectivity index (χ0) is 13.7. The van der Waals surface area contributed by atoms with Gasteiger partial charge in [0, 0.05) is 6.04 Å². The highest BCUT2D eigenvalue weighted by Crippen LogP contribution is 2.29. The zero-order valence-corrected chi connectivity index (χ0v) is 12.3. The van der Waals surface area contributed by atoms with Crippen LogP contribution in [0.15, 0.2) is 4.42 Å². The van der Waals surface area contributed by atoms with Crippen molar-refractivity contribution in [3.63, 3.8) is 0 Å². The lowest BCUT2D eigenvalue weighted by atomic mass is 10.0. The Hall–Kier alpha value is -1.10. The highest BCUT2D eigenvalue weighted by Gasteiger charge is 2.23. The third-order valence-corrected chi connectivity index (χ3v) is 3.97. The van der Waals surface area contributed by atoms with Gasteiger partial charge in [-0.2, -0.15) is 0 Å². The number of hydrogen-bond donors (Lipinski definition) is 2. The maximum Gasteiger partial charge on any atom is 0.315 e. The van der Waals surface area contributed by atoms with Crippen LogP contribution in [0, 0.1) is 5.92 Å². The van der Waals surface area contributed by atoms with Crippen LogP contribution in [0.2, 0.25) is 0 Å². The van der Waals surface area contributed by atoms with Gasteiger partial charge in [0.05, 0.1) is 6.04 Å². The summed E-state index contributed by atoms with van der Waals surface area (Å²) in [6.45, 7) is 7.36. The number of hydrogen-bond acceptors (Lipinski definition) is 5. The fourth-order valence-corrected chi connectivity index (χ4v) is 2.69. The monoisotopic (exact) mass is 266 g/mol. The summed E-state index contributed by atoms with van der Waals surface area (Å²) in [5, 5.41) is 14.9. The van der Waals surface area contributed by atoms with Crippen molar-refractivity contribution in [2.24, 2.45) is 5.92 Å². The van der Waals surface area contributed by atoms with E-state index >= 15 is 0 Å². The lowest BCUT2D eigenvalue weighted by Gasteiger charge is -2.18. The van der Waals surface area contributed by atoms with E-state index in [0.717, 1.165) is 18.9 Å². The predicted octanol–water partition coefficient (Wildman–Crippen LogP) is 3.12. The predicted molar refractivity (Wildman–Crippen MR) is 76.0 cm³/mol. The van der Waals surface area contributed by atoms with Gasteiger partial charge in [0.1, 0.15) is 0 Å². The largest absolute Gasteiger partial charge is 0.406 e. The van der Waals surface area contributed by atoms with Gasteiger partial charge >= 0.3 is 6.01 Å². The Morgan fingerprint density at radius 3 is 2.68 bits per heavy atom. The summed E-state index contributed by atoms with van der Waals surface area (Å²) in [5.41, 5.74) is 0. The van der Waals surface area contributed by atoms with Crippen LogP contribution in [0.5, 0.6) is 0 Å². The fraction of sp³-hybridized carbons (Fsp3) is 0.857. The molecule has 19 heavy (non-hydrogen) atoms. The molecule has 2 rings (SSSR count). The molecule has 0 spiro atoms. The maximum absolute atomic E-state index is 5.68. The van der Waals surface area contributed by atoms with Crippen LogP contribution in [0.1, 0.15) is 64.8 Å². The average molecular weight is 266 g/mol. The van der Waals surface area contributed by atoms with E-state index in [0.29, 0.717) is 17.9 Å². The number of aromatic nitrogens is 2. The van der Waals surface area contributed by atoms with E-state index in [2.05, 4.69) is 34.7 Å². The van der Waals surface area contributed by atoms with Crippen LogP contribution in [0.25, 0.3) is 0 Å². The van der Waals surface area contributed by atoms with Gasteiger partial charge < -0.3 is 15.1 Å². The molecule has 1 aliphatic carbocycles. The van der Waals surface area contributed by atoms with Crippen LogP contribution in [0.3, 0.4) is 0 Å². The first-order valence-electron chi connectivity index (χ1n) is 7.54. The summed E-state index contributed by atoms with van der Waals surface area (Å²) in [5.74, 6) is 1.40. The summed E-state index contributed by atoms with van der Waals surface area (Å²) in [7, 11) is 0. The molecule has 5 heteroatoms. The summed E-state index contributed by atoms with van der Waals surface area (Å²) >= 11 is 0. The molecule has 1 saturated carbocycles. The SMILES string of the molecule is CCCNC(C)c1nnc(NC(C)C2CCCC2)o1. The van der Waals surface area contributed by atoms with Crippen LogP contribution in [-0.2, 0) is 0 Å². The molecule has 1 heterocycles. The highest BCUT2D eigenvalue weighted by atomic mass is 16.4. The molecule has 1 aromatic heterocycles. The third-order valence-electron chi connectivity index (χ3n) is 3.97. The van der Waals surface area contributed by atoms with Crippen molar-refractivity contribution in [1.82, 2.24) is 15.5 Å². The van der Waals surface area contributed by atoms with Gasteiger partial charge in [-0.25, -0.2) is 0 Å². The Kier molecular flexibility index (Phi) is 5.19. The Morgan fingerprint density at radius 2 is 2.00 bits per heavy atom. The van der Waals surface area contributed by atoms with Crippen LogP contribution >= 0.6 is 0 Å². The van der Waals surface area contributed by atoms with E-state index < -0.39 is 0 Å². The number of anilines is 1. The van der Waals surface area contributed by atoms with Gasteiger partial charge in [0.25, 0.3) is 0 Å². The molecule has 0 radical (unpaired) electrons. The molecule has 2 atom stereocenters. The van der Waals surface area contributed by atoms with Gasteiger partial charge in [0.15, 0.2) is 0 Å². The fourth-order valence-electron chi connectivity index (χ4n) is 2.69. The molecule has 0 aliphatic heterocycles. The van der Waals surface area contributed by atoms with E-state index in [9.17, 15) is 0 Å². The minimum absolute atomic E-state index is 0.116. The molecule has 1 fully saturated rings. The zero-order valence-electron chi connectivity index (χ0n) is 12.3. The Morgan fingerprint density at radius 1 is 1.26 bits per heavy atom. The van der Waals surface area contributed by atoms with Gasteiger partial charge in [-0.1, -0.05) is 24.9 Å². The average Bonchev–Trinajstić information content (AvgIpc) is 3.06. The Labute approximate surface area is 115 Å². The number of nitrogens with one attached hydrogen (secondary N) is 2. The standard InChI is InChI=1S/C14H26N4O/c1-4-9-15-11(3)13-17-18-14(19-13)16-10(2)12-7-5-6-8-12/h10-12,15H,4-9H2,1-3H3,(H,16,18). The molecule has 1 aromatic rings. The van der Waals surface area contributed by atoms with Crippen molar-refractivity contribution in [1.29, 1.82) is 0 Å². The van der Waals surface area contributed by atoms with Crippen LogP contribution in [-0.4, -0.2) is 22.8 Å². The van der Waals surface area contributed by atoms with Crippen molar-refractivity contribution >= 4 is 6.01 Å². The summed E-state index contributed by atoms with van der Waals surface area (Å²) in [6.07, 6.45) is 6.42. The van der Waals surface area contributed by atoms with Crippen LogP contribution in [0.4, 0.5) is 6.01 Å². The first-order valence-corrected chi connectivity index (χ1v) is 7.54. The molecule has 0 aromatic carbocycles. The summed E-state index contributed by atoms with van der Waals surface area (Å²) < 4.78 is 5.68. The molecule has 0 bridgehead atoms. The lowest BCUT2D eigenvalue weighted by Crippen LogP contribution is -2.23. The van der Waals surface area contributed by atoms with Gasteiger partial charge in [-0.3, -0.25) is 0 Å². The highest BCUT2D eigenvalue weighted by molar-refractivity contribution is 5.20. The third kappa shape index (κ3) is 3.93. The van der Waals surface area contributed by atoms with E-state index in [4.69, 9.17) is 4.42 Å². The minimum Gasteiger partial charge on any atom is -0.406 e. The molecule has 1 aliphatic rings. The second kappa shape index (κ2) is 6.89. The van der Waals surface area contributed by atoms with Gasteiger partial charge in [-0.15, -0.1) is 5.10 Å². The first-order chi connectivity index (χ1) is 9.20. The molecule has 2 unspecified atom stereocenters. The molecule has 2 N–H and O–H groups in total. The molecule has 108 valence electrons. The topological polar surface area (TPSA) is 63.0 Å². The molecule has 0 saturated heterocycles. The Balaban J connectivity index is 1.85. The number of nitrogens with zero attached hydrogens (tertiary/aromatic N) is 2. The summed E-state index contributed by atoms with van der Waals surface area (Å²) in [6, 6.07) is 1.08. The van der Waals surface area contributed by atoms with E-state index in [-0.39, 0.29) is 6.04 Å². The van der Waals surface area contributed by atoms with Crippen molar-refractivity contribution in [3.8, 4) is 0 Å². The molecule has 5 nitrogen and oxygen atoms in total. The first kappa shape index (κ1) is 14.3. The molecule has 0 amide bonds. The van der Waals surface area contributed by atoms with Crippen LogP contribution < -0.4 is 10.6 Å². The molecular formula is C14H26N4O. The van der Waals surface area contributed by atoms with E-state index in [1.54, 1.807) is 0 Å². The van der Waals surface area contributed by atoms with Gasteiger partial charge in [-0.05, 0) is 45.6 Å². The van der Waals surface area contributed by atoms with Crippen molar-refractivity contribution < 1.29 is 4.42 Å². The minimum atomic E-state index is 0.116. The van der Waals surface area contributed by atoms with Crippen molar-refractivity contribution in [3.05, 3.63) is 5.89 Å². The second-order valence-electron chi connectivity index (χ2n) is 5.60. The maximum atomic E-state index is 5.68. The molecular weight excluding hydrogens is 240 g/mol. The van der Waals surface area contributed by atoms with Crippen molar-refractivity contribution in [2.45, 2.75) is 65.0 Å². The van der Waals surface area contributed by atoms with E-state index in [1.807, 2.05) is 6.92 Å². The Bertz CT molecular complexity index is 373. The lowest BCUT2D eigenvalue weighted by molar-refractivity contribution is 0.412. The normalized spacial score (nSPS) is 19.5. The van der Waals surface area contributed by atoms with E-state index in [1.165, 1.54) is 25.7 Å². The second-order valence-corrected chi connectivity index (χ2v) is 5.60.